The SMILES string of the molecule is CC1(NC(=O)CN[C@H]2CC[C@H](CNC(=O)c3cc(Cl)cc(I)c3)CC2)CCC1. The van der Waals surface area contributed by atoms with Crippen molar-refractivity contribution in [3.05, 3.63) is 32.4 Å². The van der Waals surface area contributed by atoms with Gasteiger partial charge in [0, 0.05) is 32.3 Å². The van der Waals surface area contributed by atoms with Gasteiger partial charge in [0.15, 0.2) is 0 Å². The first-order valence-electron chi connectivity index (χ1n) is 10.1. The van der Waals surface area contributed by atoms with E-state index in [0.717, 1.165) is 42.1 Å². The molecule has 3 N–H and O–H groups in total. The zero-order valence-corrected chi connectivity index (χ0v) is 19.2. The molecule has 0 spiro atoms. The summed E-state index contributed by atoms with van der Waals surface area (Å²) in [7, 11) is 0. The molecule has 1 aromatic rings. The number of halogens is 2. The van der Waals surface area contributed by atoms with Crippen LogP contribution in [0.5, 0.6) is 0 Å². The molecule has 0 bridgehead atoms. The first-order chi connectivity index (χ1) is 13.3. The lowest BCUT2D eigenvalue weighted by Gasteiger charge is -2.39. The van der Waals surface area contributed by atoms with Gasteiger partial charge in [0.25, 0.3) is 5.91 Å². The molecule has 2 aliphatic rings. The van der Waals surface area contributed by atoms with Crippen LogP contribution >= 0.6 is 34.2 Å². The molecule has 0 atom stereocenters. The molecule has 7 heteroatoms. The minimum absolute atomic E-state index is 0.0235. The summed E-state index contributed by atoms with van der Waals surface area (Å²) in [5.74, 6) is 0.525. The van der Waals surface area contributed by atoms with Crippen LogP contribution in [0.15, 0.2) is 18.2 Å². The Morgan fingerprint density at radius 2 is 1.89 bits per heavy atom. The Kier molecular flexibility index (Phi) is 7.61. The predicted molar refractivity (Wildman–Crippen MR) is 121 cm³/mol. The van der Waals surface area contributed by atoms with Crippen molar-refractivity contribution in [3.63, 3.8) is 0 Å². The monoisotopic (exact) mass is 517 g/mol. The third-order valence-electron chi connectivity index (χ3n) is 5.97. The van der Waals surface area contributed by atoms with Crippen molar-refractivity contribution < 1.29 is 9.59 Å². The number of rotatable bonds is 7. The van der Waals surface area contributed by atoms with Gasteiger partial charge >= 0.3 is 0 Å². The summed E-state index contributed by atoms with van der Waals surface area (Å²) in [6.45, 7) is 3.21. The summed E-state index contributed by atoms with van der Waals surface area (Å²) in [5.41, 5.74) is 0.633. The lowest BCUT2D eigenvalue weighted by Crippen LogP contribution is -2.53. The fourth-order valence-corrected chi connectivity index (χ4v) is 5.13. The van der Waals surface area contributed by atoms with Crippen molar-refractivity contribution in [2.45, 2.75) is 63.5 Å². The van der Waals surface area contributed by atoms with E-state index in [-0.39, 0.29) is 17.4 Å². The normalized spacial score (nSPS) is 23.5. The first kappa shape index (κ1) is 21.8. The number of carbonyl (C=O) groups is 2. The van der Waals surface area contributed by atoms with E-state index >= 15 is 0 Å². The van der Waals surface area contributed by atoms with Crippen LogP contribution < -0.4 is 16.0 Å². The van der Waals surface area contributed by atoms with Crippen molar-refractivity contribution >= 4 is 46.0 Å². The van der Waals surface area contributed by atoms with Crippen molar-refractivity contribution in [2.24, 2.45) is 5.92 Å². The van der Waals surface area contributed by atoms with E-state index in [2.05, 4.69) is 45.5 Å². The highest BCUT2D eigenvalue weighted by atomic mass is 127. The largest absolute Gasteiger partial charge is 0.352 e. The summed E-state index contributed by atoms with van der Waals surface area (Å²) in [4.78, 5) is 24.4. The summed E-state index contributed by atoms with van der Waals surface area (Å²) in [6, 6.07) is 5.77. The maximum Gasteiger partial charge on any atom is 0.251 e. The Morgan fingerprint density at radius 3 is 2.50 bits per heavy atom. The number of hydrogen-bond acceptors (Lipinski definition) is 3. The van der Waals surface area contributed by atoms with Crippen LogP contribution in [0, 0.1) is 9.49 Å². The van der Waals surface area contributed by atoms with Crippen molar-refractivity contribution in [2.75, 3.05) is 13.1 Å². The van der Waals surface area contributed by atoms with Gasteiger partial charge in [-0.1, -0.05) is 11.6 Å². The lowest BCUT2D eigenvalue weighted by molar-refractivity contribution is -0.123. The third-order valence-corrected chi connectivity index (χ3v) is 6.81. The molecule has 28 heavy (non-hydrogen) atoms. The quantitative estimate of drug-likeness (QED) is 0.481. The van der Waals surface area contributed by atoms with E-state index in [1.807, 2.05) is 12.1 Å². The summed E-state index contributed by atoms with van der Waals surface area (Å²) < 4.78 is 0.956. The average Bonchev–Trinajstić information content (AvgIpc) is 2.63. The Morgan fingerprint density at radius 1 is 1.18 bits per heavy atom. The number of benzene rings is 1. The fraction of sp³-hybridized carbons (Fsp3) is 0.619. The minimum atomic E-state index is -0.0678. The molecule has 0 saturated heterocycles. The Labute approximate surface area is 185 Å². The van der Waals surface area contributed by atoms with Crippen LogP contribution in [-0.4, -0.2) is 36.5 Å². The molecule has 0 heterocycles. The van der Waals surface area contributed by atoms with E-state index in [1.165, 1.54) is 6.42 Å². The second kappa shape index (κ2) is 9.76. The van der Waals surface area contributed by atoms with Gasteiger partial charge in [0.2, 0.25) is 5.91 Å². The maximum absolute atomic E-state index is 12.3. The molecule has 5 nitrogen and oxygen atoms in total. The van der Waals surface area contributed by atoms with Gasteiger partial charge in [-0.05, 0) is 98.6 Å². The summed E-state index contributed by atoms with van der Waals surface area (Å²) in [6.07, 6.45) is 7.59. The second-order valence-electron chi connectivity index (χ2n) is 8.43. The van der Waals surface area contributed by atoms with Crippen LogP contribution in [0.3, 0.4) is 0 Å². The number of hydrogen-bond donors (Lipinski definition) is 3. The zero-order valence-electron chi connectivity index (χ0n) is 16.3. The topological polar surface area (TPSA) is 70.2 Å². The molecule has 0 unspecified atom stereocenters. The van der Waals surface area contributed by atoms with Gasteiger partial charge < -0.3 is 16.0 Å². The highest BCUT2D eigenvalue weighted by molar-refractivity contribution is 14.1. The van der Waals surface area contributed by atoms with E-state index < -0.39 is 0 Å². The standard InChI is InChI=1S/C21H29ClIN3O2/c1-21(7-2-8-21)26-19(27)13-24-18-5-3-14(4-6-18)12-25-20(28)15-9-16(22)11-17(23)10-15/h9-11,14,18,24H,2-8,12-13H2,1H3,(H,25,28)(H,26,27)/t14-,18-. The molecule has 0 aliphatic heterocycles. The zero-order chi connectivity index (χ0) is 20.1. The van der Waals surface area contributed by atoms with Gasteiger partial charge in [0.05, 0.1) is 6.54 Å². The summed E-state index contributed by atoms with van der Waals surface area (Å²) in [5, 5.41) is 10.2. The third kappa shape index (κ3) is 6.32. The number of amides is 2. The molecule has 2 amide bonds. The molecular formula is C21H29ClIN3O2. The van der Waals surface area contributed by atoms with E-state index in [1.54, 1.807) is 6.07 Å². The van der Waals surface area contributed by atoms with Gasteiger partial charge in [-0.15, -0.1) is 0 Å². The highest BCUT2D eigenvalue weighted by Gasteiger charge is 2.33. The lowest BCUT2D eigenvalue weighted by atomic mass is 9.78. The number of nitrogens with one attached hydrogen (secondary N) is 3. The van der Waals surface area contributed by atoms with Crippen molar-refractivity contribution in [1.29, 1.82) is 0 Å². The first-order valence-corrected chi connectivity index (χ1v) is 11.6. The molecule has 2 fully saturated rings. The van der Waals surface area contributed by atoms with Gasteiger partial charge in [0.1, 0.15) is 0 Å². The van der Waals surface area contributed by atoms with Gasteiger partial charge in [-0.2, -0.15) is 0 Å². The minimum Gasteiger partial charge on any atom is -0.352 e. The van der Waals surface area contributed by atoms with E-state index in [0.29, 0.717) is 35.6 Å². The Bertz CT molecular complexity index is 695. The van der Waals surface area contributed by atoms with Crippen molar-refractivity contribution in [3.8, 4) is 0 Å². The molecule has 2 saturated carbocycles. The fourth-order valence-electron chi connectivity index (χ4n) is 4.04. The van der Waals surface area contributed by atoms with Crippen LogP contribution in [-0.2, 0) is 4.79 Å². The summed E-state index contributed by atoms with van der Waals surface area (Å²) >= 11 is 8.20. The van der Waals surface area contributed by atoms with Crippen LogP contribution in [0.1, 0.15) is 62.2 Å². The maximum atomic E-state index is 12.3. The Balaban J connectivity index is 1.33. The molecule has 2 aliphatic carbocycles. The second-order valence-corrected chi connectivity index (χ2v) is 10.1. The molecule has 0 radical (unpaired) electrons. The molecule has 3 rings (SSSR count). The predicted octanol–water partition coefficient (Wildman–Crippen LogP) is 3.88. The van der Waals surface area contributed by atoms with Gasteiger partial charge in [-0.25, -0.2) is 0 Å². The number of carbonyl (C=O) groups excluding carboxylic acids is 2. The van der Waals surface area contributed by atoms with E-state index in [9.17, 15) is 9.59 Å². The van der Waals surface area contributed by atoms with Crippen LogP contribution in [0.2, 0.25) is 5.02 Å². The average molecular weight is 518 g/mol. The van der Waals surface area contributed by atoms with Gasteiger partial charge in [-0.3, -0.25) is 9.59 Å². The smallest absolute Gasteiger partial charge is 0.251 e. The Hall–Kier alpha value is -0.860. The molecular weight excluding hydrogens is 489 g/mol. The van der Waals surface area contributed by atoms with Crippen molar-refractivity contribution in [1.82, 2.24) is 16.0 Å². The molecule has 0 aromatic heterocycles. The van der Waals surface area contributed by atoms with E-state index in [4.69, 9.17) is 11.6 Å². The molecule has 1 aromatic carbocycles. The molecule has 154 valence electrons. The highest BCUT2D eigenvalue weighted by Crippen LogP contribution is 2.30. The van der Waals surface area contributed by atoms with Crippen LogP contribution in [0.4, 0.5) is 0 Å². The van der Waals surface area contributed by atoms with Crippen LogP contribution in [0.25, 0.3) is 0 Å².